The van der Waals surface area contributed by atoms with E-state index in [-0.39, 0.29) is 29.1 Å². The molecule has 2 aromatic heterocycles. The summed E-state index contributed by atoms with van der Waals surface area (Å²) in [6.45, 7) is 3.72. The molecule has 4 rings (SSSR count). The van der Waals surface area contributed by atoms with E-state index in [0.717, 1.165) is 5.69 Å². The Bertz CT molecular complexity index is 1290. The first kappa shape index (κ1) is 22.2. The highest BCUT2D eigenvalue weighted by Gasteiger charge is 2.23. The van der Waals surface area contributed by atoms with Gasteiger partial charge < -0.3 is 9.73 Å². The van der Waals surface area contributed by atoms with Crippen LogP contribution in [0.2, 0.25) is 0 Å². The van der Waals surface area contributed by atoms with Gasteiger partial charge in [-0.15, -0.1) is 10.2 Å². The van der Waals surface area contributed by atoms with Gasteiger partial charge in [0.25, 0.3) is 11.6 Å². The molecule has 0 bridgehead atoms. The summed E-state index contributed by atoms with van der Waals surface area (Å²) in [5.74, 6) is 0.678. The molecule has 2 heterocycles. The minimum absolute atomic E-state index is 0.0167. The first-order chi connectivity index (χ1) is 15.9. The van der Waals surface area contributed by atoms with E-state index in [1.54, 1.807) is 22.8 Å². The number of rotatable bonds is 8. The number of carbonyl (C=O) groups excluding carboxylic acids is 1. The number of carbonyl (C=O) groups is 1. The molecule has 0 spiro atoms. The molecule has 0 unspecified atom stereocenters. The molecule has 4 aromatic rings. The Morgan fingerprint density at radius 2 is 1.88 bits per heavy atom. The second-order valence-electron chi connectivity index (χ2n) is 7.29. The standard InChI is InChI=1S/C22H20N6O4S/c1-14(2)23-21(29)17-12-32-19(24-17)13-33-22-26-25-20(27(22)15-8-4-3-5-9-15)16-10-6-7-11-18(16)28(30)31/h3-12,14H,13H2,1-2H3,(H,23,29). The van der Waals surface area contributed by atoms with Crippen molar-refractivity contribution in [2.45, 2.75) is 30.8 Å². The summed E-state index contributed by atoms with van der Waals surface area (Å²) in [7, 11) is 0. The maximum Gasteiger partial charge on any atom is 0.280 e. The zero-order valence-corrected chi connectivity index (χ0v) is 18.7. The molecule has 33 heavy (non-hydrogen) atoms. The number of hydrogen-bond acceptors (Lipinski definition) is 8. The molecule has 11 heteroatoms. The van der Waals surface area contributed by atoms with Crippen molar-refractivity contribution in [3.63, 3.8) is 0 Å². The topological polar surface area (TPSA) is 129 Å². The lowest BCUT2D eigenvalue weighted by Crippen LogP contribution is -2.30. The number of aromatic nitrogens is 4. The van der Waals surface area contributed by atoms with Gasteiger partial charge in [0.05, 0.1) is 16.2 Å². The fraction of sp³-hybridized carbons (Fsp3) is 0.182. The van der Waals surface area contributed by atoms with E-state index in [0.29, 0.717) is 22.4 Å². The Morgan fingerprint density at radius 3 is 2.61 bits per heavy atom. The Labute approximate surface area is 193 Å². The van der Waals surface area contributed by atoms with Crippen LogP contribution >= 0.6 is 11.8 Å². The number of nitro benzene ring substituents is 1. The number of nitro groups is 1. The molecule has 0 saturated carbocycles. The Kier molecular flexibility index (Phi) is 6.50. The van der Waals surface area contributed by atoms with Crippen LogP contribution in [0.25, 0.3) is 17.1 Å². The molecule has 2 aromatic carbocycles. The van der Waals surface area contributed by atoms with Gasteiger partial charge in [-0.05, 0) is 32.0 Å². The van der Waals surface area contributed by atoms with Crippen molar-refractivity contribution in [2.75, 3.05) is 0 Å². The van der Waals surface area contributed by atoms with Crippen LogP contribution in [0, 0.1) is 10.1 Å². The lowest BCUT2D eigenvalue weighted by atomic mass is 10.1. The number of nitrogens with one attached hydrogen (secondary N) is 1. The number of thioether (sulfide) groups is 1. The van der Waals surface area contributed by atoms with E-state index < -0.39 is 4.92 Å². The van der Waals surface area contributed by atoms with Crippen LogP contribution in [0.1, 0.15) is 30.2 Å². The van der Waals surface area contributed by atoms with Crippen LogP contribution in [0.4, 0.5) is 5.69 Å². The fourth-order valence-corrected chi connectivity index (χ4v) is 3.92. The number of benzene rings is 2. The highest BCUT2D eigenvalue weighted by atomic mass is 32.2. The molecular formula is C22H20N6O4S. The van der Waals surface area contributed by atoms with Crippen molar-refractivity contribution in [1.82, 2.24) is 25.1 Å². The predicted molar refractivity (Wildman–Crippen MR) is 122 cm³/mol. The lowest BCUT2D eigenvalue weighted by Gasteiger charge is -2.10. The molecule has 0 aliphatic heterocycles. The second-order valence-corrected chi connectivity index (χ2v) is 8.24. The zero-order chi connectivity index (χ0) is 23.4. The van der Waals surface area contributed by atoms with Gasteiger partial charge in [-0.1, -0.05) is 42.1 Å². The van der Waals surface area contributed by atoms with E-state index in [1.165, 1.54) is 24.1 Å². The van der Waals surface area contributed by atoms with Crippen molar-refractivity contribution < 1.29 is 14.1 Å². The summed E-state index contributed by atoms with van der Waals surface area (Å²) in [5, 5.41) is 23.4. The minimum atomic E-state index is -0.442. The number of amides is 1. The fourth-order valence-electron chi connectivity index (χ4n) is 3.11. The molecule has 1 N–H and O–H groups in total. The van der Waals surface area contributed by atoms with Gasteiger partial charge >= 0.3 is 0 Å². The third-order valence-corrected chi connectivity index (χ3v) is 5.43. The van der Waals surface area contributed by atoms with Gasteiger partial charge in [-0.3, -0.25) is 19.5 Å². The Hall–Kier alpha value is -3.99. The highest BCUT2D eigenvalue weighted by Crippen LogP contribution is 2.33. The molecule has 0 saturated heterocycles. The highest BCUT2D eigenvalue weighted by molar-refractivity contribution is 7.98. The van der Waals surface area contributed by atoms with E-state index in [1.807, 2.05) is 44.2 Å². The summed E-state index contributed by atoms with van der Waals surface area (Å²) in [4.78, 5) is 27.5. The van der Waals surface area contributed by atoms with Crippen molar-refractivity contribution in [2.24, 2.45) is 0 Å². The predicted octanol–water partition coefficient (Wildman–Crippen LogP) is 4.26. The summed E-state index contributed by atoms with van der Waals surface area (Å²) >= 11 is 1.30. The summed E-state index contributed by atoms with van der Waals surface area (Å²) < 4.78 is 7.19. The van der Waals surface area contributed by atoms with E-state index >= 15 is 0 Å². The van der Waals surface area contributed by atoms with E-state index in [4.69, 9.17) is 4.42 Å². The van der Waals surface area contributed by atoms with Crippen LogP contribution in [0.15, 0.2) is 70.4 Å². The van der Waals surface area contributed by atoms with Gasteiger partial charge in [0.15, 0.2) is 16.7 Å². The molecular weight excluding hydrogens is 444 g/mol. The van der Waals surface area contributed by atoms with Crippen LogP contribution in [-0.4, -0.2) is 36.6 Å². The monoisotopic (exact) mass is 464 g/mol. The maximum absolute atomic E-state index is 12.1. The molecule has 0 aliphatic carbocycles. The summed E-state index contributed by atoms with van der Waals surface area (Å²) in [6.07, 6.45) is 1.31. The first-order valence-electron chi connectivity index (χ1n) is 10.1. The van der Waals surface area contributed by atoms with Crippen LogP contribution in [-0.2, 0) is 5.75 Å². The quantitative estimate of drug-likeness (QED) is 0.233. The van der Waals surface area contributed by atoms with E-state index in [9.17, 15) is 14.9 Å². The lowest BCUT2D eigenvalue weighted by molar-refractivity contribution is -0.384. The third-order valence-electron chi connectivity index (χ3n) is 4.52. The average molecular weight is 465 g/mol. The smallest absolute Gasteiger partial charge is 0.280 e. The van der Waals surface area contributed by atoms with Gasteiger partial charge in [0.2, 0.25) is 5.89 Å². The molecule has 0 atom stereocenters. The maximum atomic E-state index is 12.1. The van der Waals surface area contributed by atoms with Gasteiger partial charge in [-0.2, -0.15) is 0 Å². The second kappa shape index (κ2) is 9.65. The average Bonchev–Trinajstić information content (AvgIpc) is 3.45. The Morgan fingerprint density at radius 1 is 1.15 bits per heavy atom. The SMILES string of the molecule is CC(C)NC(=O)c1coc(CSc2nnc(-c3ccccc3[N+](=O)[O-])n2-c2ccccc2)n1. The Balaban J connectivity index is 1.66. The van der Waals surface area contributed by atoms with Crippen molar-refractivity contribution in [3.8, 4) is 17.1 Å². The van der Waals surface area contributed by atoms with Crippen molar-refractivity contribution in [1.29, 1.82) is 0 Å². The molecule has 168 valence electrons. The largest absolute Gasteiger partial charge is 0.447 e. The van der Waals surface area contributed by atoms with Crippen LogP contribution < -0.4 is 5.32 Å². The summed E-state index contributed by atoms with van der Waals surface area (Å²) in [6, 6.07) is 15.7. The van der Waals surface area contributed by atoms with E-state index in [2.05, 4.69) is 20.5 Å². The van der Waals surface area contributed by atoms with Gasteiger partial charge in [0, 0.05) is 17.8 Å². The van der Waals surface area contributed by atoms with Crippen LogP contribution in [0.3, 0.4) is 0 Å². The number of oxazole rings is 1. The number of hydrogen-bond donors (Lipinski definition) is 1. The van der Waals surface area contributed by atoms with Gasteiger partial charge in [-0.25, -0.2) is 4.98 Å². The number of para-hydroxylation sites is 2. The third kappa shape index (κ3) is 4.93. The molecule has 1 amide bonds. The molecule has 10 nitrogen and oxygen atoms in total. The van der Waals surface area contributed by atoms with Crippen molar-refractivity contribution >= 4 is 23.4 Å². The molecule has 0 fully saturated rings. The van der Waals surface area contributed by atoms with Gasteiger partial charge in [0.1, 0.15) is 6.26 Å². The molecule has 0 radical (unpaired) electrons. The molecule has 0 aliphatic rings. The minimum Gasteiger partial charge on any atom is -0.447 e. The van der Waals surface area contributed by atoms with Crippen molar-refractivity contribution in [3.05, 3.63) is 82.6 Å². The zero-order valence-electron chi connectivity index (χ0n) is 17.8. The van der Waals surface area contributed by atoms with Crippen LogP contribution in [0.5, 0.6) is 0 Å². The first-order valence-corrected chi connectivity index (χ1v) is 11.0. The summed E-state index contributed by atoms with van der Waals surface area (Å²) in [5.41, 5.74) is 1.24. The number of nitrogens with zero attached hydrogens (tertiary/aromatic N) is 5. The normalized spacial score (nSPS) is 11.0.